The van der Waals surface area contributed by atoms with Crippen LogP contribution >= 0.6 is 46.6 Å². The molecule has 0 spiro atoms. The molecule has 1 amide bonds. The first-order valence-corrected chi connectivity index (χ1v) is 11.7. The van der Waals surface area contributed by atoms with Crippen LogP contribution in [-0.2, 0) is 4.79 Å². The Hall–Kier alpha value is -2.51. The van der Waals surface area contributed by atoms with Crippen LogP contribution in [0.5, 0.6) is 0 Å². The van der Waals surface area contributed by atoms with Crippen LogP contribution in [0.25, 0.3) is 17.1 Å². The number of amides is 1. The molecule has 1 heterocycles. The van der Waals surface area contributed by atoms with Crippen molar-refractivity contribution in [3.8, 4) is 17.1 Å². The van der Waals surface area contributed by atoms with Crippen molar-refractivity contribution in [2.75, 3.05) is 11.1 Å². The first kappa shape index (κ1) is 22.7. The molecular formula is C23H17Cl3N4OS. The summed E-state index contributed by atoms with van der Waals surface area (Å²) in [6.07, 6.45) is 0. The molecule has 9 heteroatoms. The van der Waals surface area contributed by atoms with E-state index < -0.39 is 0 Å². The maximum absolute atomic E-state index is 12.6. The molecule has 0 aliphatic heterocycles. The number of halogens is 3. The van der Waals surface area contributed by atoms with Crippen LogP contribution in [0, 0.1) is 6.92 Å². The van der Waals surface area contributed by atoms with Gasteiger partial charge in [0.15, 0.2) is 11.0 Å². The molecule has 162 valence electrons. The van der Waals surface area contributed by atoms with Gasteiger partial charge in [0, 0.05) is 32.0 Å². The molecule has 0 radical (unpaired) electrons. The second kappa shape index (κ2) is 9.96. The minimum atomic E-state index is -0.171. The number of aromatic nitrogens is 3. The van der Waals surface area contributed by atoms with Gasteiger partial charge in [0.05, 0.1) is 5.75 Å². The Morgan fingerprint density at radius 3 is 2.41 bits per heavy atom. The molecule has 0 fully saturated rings. The number of benzene rings is 3. The summed E-state index contributed by atoms with van der Waals surface area (Å²) in [6.45, 7) is 1.91. The maximum atomic E-state index is 12.6. The van der Waals surface area contributed by atoms with Crippen molar-refractivity contribution in [1.29, 1.82) is 0 Å². The summed E-state index contributed by atoms with van der Waals surface area (Å²) < 4.78 is 1.88. The van der Waals surface area contributed by atoms with Crippen molar-refractivity contribution in [1.82, 2.24) is 14.8 Å². The third-order valence-electron chi connectivity index (χ3n) is 4.61. The van der Waals surface area contributed by atoms with Crippen LogP contribution in [0.2, 0.25) is 15.1 Å². The van der Waals surface area contributed by atoms with Crippen LogP contribution in [-0.4, -0.2) is 26.4 Å². The number of carbonyl (C=O) groups is 1. The van der Waals surface area contributed by atoms with Gasteiger partial charge in [-0.25, -0.2) is 0 Å². The number of carbonyl (C=O) groups excluding carboxylic acids is 1. The SMILES string of the molecule is Cc1ccc(Cl)cc1NC(=O)CSc1nnc(-c2cccc(Cl)c2)n1-c1ccc(Cl)cc1. The second-order valence-electron chi connectivity index (χ2n) is 6.92. The van der Waals surface area contributed by atoms with Gasteiger partial charge in [-0.05, 0) is 61.0 Å². The molecule has 0 aliphatic carbocycles. The monoisotopic (exact) mass is 502 g/mol. The molecule has 5 nitrogen and oxygen atoms in total. The van der Waals surface area contributed by atoms with Crippen LogP contribution in [0.3, 0.4) is 0 Å². The fourth-order valence-corrected chi connectivity index (χ4v) is 4.29. The van der Waals surface area contributed by atoms with Crippen molar-refractivity contribution in [2.45, 2.75) is 12.1 Å². The van der Waals surface area contributed by atoms with E-state index in [-0.39, 0.29) is 11.7 Å². The van der Waals surface area contributed by atoms with Crippen molar-refractivity contribution in [2.24, 2.45) is 0 Å². The highest BCUT2D eigenvalue weighted by Crippen LogP contribution is 2.30. The lowest BCUT2D eigenvalue weighted by Gasteiger charge is -2.11. The highest BCUT2D eigenvalue weighted by atomic mass is 35.5. The molecule has 3 aromatic carbocycles. The van der Waals surface area contributed by atoms with Crippen LogP contribution in [0.1, 0.15) is 5.56 Å². The molecule has 0 saturated heterocycles. The maximum Gasteiger partial charge on any atom is 0.234 e. The van der Waals surface area contributed by atoms with Gasteiger partial charge >= 0.3 is 0 Å². The molecule has 1 N–H and O–H groups in total. The fraction of sp³-hybridized carbons (Fsp3) is 0.0870. The van der Waals surface area contributed by atoms with Gasteiger partial charge in [0.2, 0.25) is 5.91 Å². The molecule has 1 aromatic heterocycles. The van der Waals surface area contributed by atoms with E-state index in [4.69, 9.17) is 34.8 Å². The van der Waals surface area contributed by atoms with Crippen molar-refractivity contribution in [3.05, 3.63) is 87.4 Å². The standard InChI is InChI=1S/C23H17Cl3N4OS/c1-14-5-6-18(26)12-20(14)27-21(31)13-32-23-29-28-22(15-3-2-4-17(25)11-15)30(23)19-9-7-16(24)8-10-19/h2-12H,13H2,1H3,(H,27,31). The number of anilines is 1. The summed E-state index contributed by atoms with van der Waals surface area (Å²) in [6, 6.07) is 20.1. The predicted octanol–water partition coefficient (Wildman–Crippen LogP) is 6.93. The Kier molecular flexibility index (Phi) is 7.06. The van der Waals surface area contributed by atoms with Crippen LogP contribution in [0.15, 0.2) is 71.9 Å². The smallest absolute Gasteiger partial charge is 0.234 e. The van der Waals surface area contributed by atoms with Gasteiger partial charge in [-0.2, -0.15) is 0 Å². The Morgan fingerprint density at radius 2 is 1.66 bits per heavy atom. The lowest BCUT2D eigenvalue weighted by atomic mass is 10.2. The zero-order valence-corrected chi connectivity index (χ0v) is 19.9. The van der Waals surface area contributed by atoms with E-state index in [1.807, 2.05) is 47.9 Å². The Bertz CT molecular complexity index is 1270. The lowest BCUT2D eigenvalue weighted by molar-refractivity contribution is -0.113. The number of thioether (sulfide) groups is 1. The van der Waals surface area contributed by atoms with Crippen LogP contribution in [0.4, 0.5) is 5.69 Å². The van der Waals surface area contributed by atoms with Gasteiger partial charge in [-0.3, -0.25) is 9.36 Å². The summed E-state index contributed by atoms with van der Waals surface area (Å²) in [4.78, 5) is 12.6. The number of aryl methyl sites for hydroxylation is 1. The zero-order valence-electron chi connectivity index (χ0n) is 16.8. The Balaban J connectivity index is 1.61. The summed E-state index contributed by atoms with van der Waals surface area (Å²) >= 11 is 19.6. The quantitative estimate of drug-likeness (QED) is 0.290. The Morgan fingerprint density at radius 1 is 0.938 bits per heavy atom. The summed E-state index contributed by atoms with van der Waals surface area (Å²) in [5.41, 5.74) is 3.25. The number of hydrogen-bond acceptors (Lipinski definition) is 4. The minimum Gasteiger partial charge on any atom is -0.325 e. The Labute approximate surface area is 204 Å². The van der Waals surface area contributed by atoms with Crippen LogP contribution < -0.4 is 5.32 Å². The topological polar surface area (TPSA) is 59.8 Å². The molecule has 4 aromatic rings. The number of hydrogen-bond donors (Lipinski definition) is 1. The van der Waals surface area contributed by atoms with Gasteiger partial charge in [-0.15, -0.1) is 10.2 Å². The molecule has 4 rings (SSSR count). The average molecular weight is 504 g/mol. The van der Waals surface area contributed by atoms with Gasteiger partial charge in [0.25, 0.3) is 0 Å². The largest absolute Gasteiger partial charge is 0.325 e. The third-order valence-corrected chi connectivity index (χ3v) is 6.26. The van der Waals surface area contributed by atoms with E-state index >= 15 is 0 Å². The van der Waals surface area contributed by atoms with Gasteiger partial charge in [-0.1, -0.05) is 64.8 Å². The number of rotatable bonds is 6. The molecule has 0 aliphatic rings. The first-order valence-electron chi connectivity index (χ1n) is 9.57. The molecule has 32 heavy (non-hydrogen) atoms. The van der Waals surface area contributed by atoms with Crippen molar-refractivity contribution < 1.29 is 4.79 Å². The van der Waals surface area contributed by atoms with E-state index in [0.29, 0.717) is 31.7 Å². The second-order valence-corrected chi connectivity index (χ2v) is 9.18. The van der Waals surface area contributed by atoms with E-state index in [9.17, 15) is 4.79 Å². The normalized spacial score (nSPS) is 10.9. The van der Waals surface area contributed by atoms with E-state index in [2.05, 4.69) is 15.5 Å². The van der Waals surface area contributed by atoms with Gasteiger partial charge in [0.1, 0.15) is 0 Å². The van der Waals surface area contributed by atoms with Crippen molar-refractivity contribution in [3.63, 3.8) is 0 Å². The molecule has 0 unspecified atom stereocenters. The molecular weight excluding hydrogens is 487 g/mol. The average Bonchev–Trinajstić information content (AvgIpc) is 3.19. The summed E-state index contributed by atoms with van der Waals surface area (Å²) in [5.74, 6) is 0.589. The van der Waals surface area contributed by atoms with E-state index in [0.717, 1.165) is 16.8 Å². The fourth-order valence-electron chi connectivity index (χ4n) is 3.05. The zero-order chi connectivity index (χ0) is 22.7. The van der Waals surface area contributed by atoms with Crippen molar-refractivity contribution >= 4 is 58.2 Å². The molecule has 0 atom stereocenters. The van der Waals surface area contributed by atoms with Gasteiger partial charge < -0.3 is 5.32 Å². The highest BCUT2D eigenvalue weighted by molar-refractivity contribution is 7.99. The number of nitrogens with one attached hydrogen (secondary N) is 1. The lowest BCUT2D eigenvalue weighted by Crippen LogP contribution is -2.15. The van der Waals surface area contributed by atoms with E-state index in [1.54, 1.807) is 30.3 Å². The van der Waals surface area contributed by atoms with E-state index in [1.165, 1.54) is 11.8 Å². The first-order chi connectivity index (χ1) is 15.4. The number of nitrogens with zero attached hydrogens (tertiary/aromatic N) is 3. The highest BCUT2D eigenvalue weighted by Gasteiger charge is 2.18. The summed E-state index contributed by atoms with van der Waals surface area (Å²) in [5, 5.41) is 13.9. The molecule has 0 saturated carbocycles. The third kappa shape index (κ3) is 5.27. The molecule has 0 bridgehead atoms. The predicted molar refractivity (Wildman–Crippen MR) is 132 cm³/mol. The summed E-state index contributed by atoms with van der Waals surface area (Å²) in [7, 11) is 0. The minimum absolute atomic E-state index is 0.146.